The van der Waals surface area contributed by atoms with Crippen LogP contribution in [0.5, 0.6) is 0 Å². The number of nitrogens with zero attached hydrogens (tertiary/aromatic N) is 2. The maximum Gasteiger partial charge on any atom is 0.418 e. The first-order valence-corrected chi connectivity index (χ1v) is 13.3. The number of carbonyl (C=O) groups is 1. The molecule has 0 atom stereocenters. The predicted octanol–water partition coefficient (Wildman–Crippen LogP) is 5.70. The summed E-state index contributed by atoms with van der Waals surface area (Å²) in [7, 11) is 0. The Kier molecular flexibility index (Phi) is 9.21. The molecule has 1 amide bonds. The maximum absolute atomic E-state index is 13.3. The lowest BCUT2D eigenvalue weighted by molar-refractivity contribution is -0.138. The summed E-state index contributed by atoms with van der Waals surface area (Å²) in [5.74, 6) is -0.275. The summed E-state index contributed by atoms with van der Waals surface area (Å²) in [4.78, 5) is 14.3. The Bertz CT molecular complexity index is 1260. The van der Waals surface area contributed by atoms with Gasteiger partial charge in [0.25, 0.3) is 0 Å². The van der Waals surface area contributed by atoms with Crippen LogP contribution in [0.15, 0.2) is 36.4 Å². The SMILES string of the molecule is N#Cc1ccc(N2CCC(NC(=O)COC3CCC(Nc4ccc(N)c(C(F)(F)F)c4)CC3)CC2)cc1C(F)(F)F. The first-order chi connectivity index (χ1) is 19.3. The fourth-order valence-corrected chi connectivity index (χ4v) is 5.31. The van der Waals surface area contributed by atoms with Gasteiger partial charge in [0.15, 0.2) is 0 Å². The molecule has 4 N–H and O–H groups in total. The smallest absolute Gasteiger partial charge is 0.398 e. The molecule has 0 radical (unpaired) electrons. The summed E-state index contributed by atoms with van der Waals surface area (Å²) in [6.07, 6.45) is -5.57. The Hall–Kier alpha value is -3.66. The summed E-state index contributed by atoms with van der Waals surface area (Å²) in [5.41, 5.74) is 3.61. The molecule has 1 aliphatic heterocycles. The standard InChI is InChI=1S/C28H31F6N5O2/c29-27(30,31)23-14-21(5-1-17(23)15-35)39-11-9-19(10-12-39)38-26(40)16-41-22-6-2-18(3-7-22)37-20-4-8-25(36)24(13-20)28(32,33)34/h1,4-5,8,13-14,18-19,22,37H,2-3,6-7,9-12,16,36H2,(H,38,40). The number of carbonyl (C=O) groups excluding carboxylic acids is 1. The first kappa shape index (κ1) is 30.3. The van der Waals surface area contributed by atoms with Gasteiger partial charge in [-0.2, -0.15) is 31.6 Å². The second-order valence-electron chi connectivity index (χ2n) is 10.4. The molecule has 0 unspecified atom stereocenters. The number of benzene rings is 2. The third kappa shape index (κ3) is 7.97. The number of nitrogen functional groups attached to an aromatic ring is 1. The van der Waals surface area contributed by atoms with E-state index in [1.807, 2.05) is 0 Å². The fraction of sp³-hybridized carbons (Fsp3) is 0.500. The van der Waals surface area contributed by atoms with E-state index in [1.165, 1.54) is 24.3 Å². The average molecular weight is 584 g/mol. The van der Waals surface area contributed by atoms with E-state index in [2.05, 4.69) is 10.6 Å². The van der Waals surface area contributed by atoms with Crippen LogP contribution in [0, 0.1) is 11.3 Å². The van der Waals surface area contributed by atoms with Crippen LogP contribution in [0.3, 0.4) is 0 Å². The van der Waals surface area contributed by atoms with E-state index in [0.29, 0.717) is 63.0 Å². The first-order valence-electron chi connectivity index (χ1n) is 13.3. The molecule has 0 spiro atoms. The topological polar surface area (TPSA) is 103 Å². The van der Waals surface area contributed by atoms with Crippen molar-refractivity contribution in [3.05, 3.63) is 53.1 Å². The van der Waals surface area contributed by atoms with Crippen LogP contribution in [0.1, 0.15) is 55.2 Å². The van der Waals surface area contributed by atoms with Gasteiger partial charge in [0.2, 0.25) is 5.91 Å². The molecule has 2 fully saturated rings. The van der Waals surface area contributed by atoms with Crippen LogP contribution in [0.25, 0.3) is 0 Å². The summed E-state index contributed by atoms with van der Waals surface area (Å²) in [6, 6.07) is 8.85. The zero-order valence-corrected chi connectivity index (χ0v) is 22.1. The molecule has 7 nitrogen and oxygen atoms in total. The van der Waals surface area contributed by atoms with Gasteiger partial charge in [-0.05, 0) is 74.9 Å². The van der Waals surface area contributed by atoms with Gasteiger partial charge in [-0.25, -0.2) is 0 Å². The van der Waals surface area contributed by atoms with Crippen LogP contribution in [-0.2, 0) is 21.9 Å². The molecule has 2 aromatic rings. The lowest BCUT2D eigenvalue weighted by atomic mass is 9.92. The third-order valence-electron chi connectivity index (χ3n) is 7.51. The van der Waals surface area contributed by atoms with Gasteiger partial charge in [0.05, 0.1) is 28.9 Å². The van der Waals surface area contributed by atoms with Gasteiger partial charge in [0.1, 0.15) is 6.61 Å². The molecule has 0 aromatic heterocycles. The van der Waals surface area contributed by atoms with E-state index >= 15 is 0 Å². The van der Waals surface area contributed by atoms with Crippen molar-refractivity contribution in [3.8, 4) is 6.07 Å². The molecule has 2 aromatic carbocycles. The van der Waals surface area contributed by atoms with Crippen LogP contribution >= 0.6 is 0 Å². The maximum atomic E-state index is 13.3. The van der Waals surface area contributed by atoms with Crippen molar-refractivity contribution in [1.82, 2.24) is 5.32 Å². The minimum absolute atomic E-state index is 0.0260. The number of hydrogen-bond acceptors (Lipinski definition) is 6. The van der Waals surface area contributed by atoms with Crippen molar-refractivity contribution >= 4 is 23.0 Å². The molecule has 13 heteroatoms. The number of rotatable bonds is 7. The van der Waals surface area contributed by atoms with Gasteiger partial charge >= 0.3 is 12.4 Å². The highest BCUT2D eigenvalue weighted by Crippen LogP contribution is 2.36. The van der Waals surface area contributed by atoms with Crippen LogP contribution < -0.4 is 21.3 Å². The van der Waals surface area contributed by atoms with Gasteiger partial charge in [-0.1, -0.05) is 0 Å². The number of alkyl halides is 6. The molecule has 2 aliphatic rings. The molecule has 1 heterocycles. The summed E-state index contributed by atoms with van der Waals surface area (Å²) in [5, 5.41) is 15.0. The highest BCUT2D eigenvalue weighted by molar-refractivity contribution is 5.77. The second-order valence-corrected chi connectivity index (χ2v) is 10.4. The normalized spacial score (nSPS) is 20.4. The molecule has 0 bridgehead atoms. The van der Waals surface area contributed by atoms with Crippen molar-refractivity contribution in [2.45, 2.75) is 69.1 Å². The Labute approximate surface area is 233 Å². The zero-order chi connectivity index (χ0) is 29.8. The minimum atomic E-state index is -4.62. The number of nitrogens with two attached hydrogens (primary N) is 1. The molecule has 222 valence electrons. The predicted molar refractivity (Wildman–Crippen MR) is 141 cm³/mol. The highest BCUT2D eigenvalue weighted by Gasteiger charge is 2.35. The molecular formula is C28H31F6N5O2. The van der Waals surface area contributed by atoms with Crippen LogP contribution in [0.2, 0.25) is 0 Å². The molecule has 1 saturated carbocycles. The second kappa shape index (κ2) is 12.5. The zero-order valence-electron chi connectivity index (χ0n) is 22.1. The van der Waals surface area contributed by atoms with E-state index in [9.17, 15) is 31.1 Å². The number of amides is 1. The molecule has 41 heavy (non-hydrogen) atoms. The van der Waals surface area contributed by atoms with E-state index in [-0.39, 0.29) is 36.4 Å². The summed E-state index contributed by atoms with van der Waals surface area (Å²) < 4.78 is 85.0. The Balaban J connectivity index is 1.17. The highest BCUT2D eigenvalue weighted by atomic mass is 19.4. The number of nitriles is 1. The third-order valence-corrected chi connectivity index (χ3v) is 7.51. The summed E-state index contributed by atoms with van der Waals surface area (Å²) in [6.45, 7) is 0.773. The van der Waals surface area contributed by atoms with E-state index in [0.717, 1.165) is 12.1 Å². The Morgan fingerprint density at radius 3 is 2.20 bits per heavy atom. The quantitative estimate of drug-likeness (QED) is 0.285. The number of nitrogens with one attached hydrogen (secondary N) is 2. The average Bonchev–Trinajstić information content (AvgIpc) is 2.92. The van der Waals surface area contributed by atoms with Crippen molar-refractivity contribution < 1.29 is 35.9 Å². The molecule has 4 rings (SSSR count). The number of halogens is 6. The number of hydrogen-bond donors (Lipinski definition) is 3. The lowest BCUT2D eigenvalue weighted by Crippen LogP contribution is -2.46. The van der Waals surface area contributed by atoms with Crippen molar-refractivity contribution in [1.29, 1.82) is 5.26 Å². The van der Waals surface area contributed by atoms with Crippen LogP contribution in [0.4, 0.5) is 43.4 Å². The Morgan fingerprint density at radius 2 is 1.59 bits per heavy atom. The van der Waals surface area contributed by atoms with Gasteiger partial charge in [-0.3, -0.25) is 4.79 Å². The number of piperidine rings is 1. The Morgan fingerprint density at radius 1 is 0.927 bits per heavy atom. The van der Waals surface area contributed by atoms with Gasteiger partial charge in [0, 0.05) is 42.2 Å². The van der Waals surface area contributed by atoms with Crippen molar-refractivity contribution in [3.63, 3.8) is 0 Å². The van der Waals surface area contributed by atoms with Gasteiger partial charge < -0.3 is 26.0 Å². The van der Waals surface area contributed by atoms with E-state index in [4.69, 9.17) is 15.7 Å². The number of anilines is 3. The van der Waals surface area contributed by atoms with Crippen LogP contribution in [-0.4, -0.2) is 43.8 Å². The van der Waals surface area contributed by atoms with Crippen molar-refractivity contribution in [2.75, 3.05) is 35.6 Å². The van der Waals surface area contributed by atoms with Gasteiger partial charge in [-0.15, -0.1) is 0 Å². The summed E-state index contributed by atoms with van der Waals surface area (Å²) >= 11 is 0. The largest absolute Gasteiger partial charge is 0.418 e. The monoisotopic (exact) mass is 583 g/mol. The molecule has 1 saturated heterocycles. The fourth-order valence-electron chi connectivity index (χ4n) is 5.31. The van der Waals surface area contributed by atoms with E-state index < -0.39 is 29.0 Å². The van der Waals surface area contributed by atoms with E-state index in [1.54, 1.807) is 11.0 Å². The molecular weight excluding hydrogens is 552 g/mol. The molecule has 1 aliphatic carbocycles. The van der Waals surface area contributed by atoms with Crippen molar-refractivity contribution in [2.24, 2.45) is 0 Å². The lowest BCUT2D eigenvalue weighted by Gasteiger charge is -2.34. The minimum Gasteiger partial charge on any atom is -0.398 e. The number of ether oxygens (including phenoxy) is 1.